The topological polar surface area (TPSA) is 108 Å². The molecule has 220 valence electrons. The van der Waals surface area contributed by atoms with Gasteiger partial charge in [-0.3, -0.25) is 14.4 Å². The van der Waals surface area contributed by atoms with Crippen molar-refractivity contribution in [2.24, 2.45) is 23.7 Å². The Morgan fingerprint density at radius 3 is 2.48 bits per heavy atom. The van der Waals surface area contributed by atoms with Gasteiger partial charge >= 0.3 is 0 Å². The van der Waals surface area contributed by atoms with Crippen molar-refractivity contribution in [2.45, 2.75) is 101 Å². The summed E-state index contributed by atoms with van der Waals surface area (Å²) in [6.45, 7) is 8.48. The lowest BCUT2D eigenvalue weighted by Crippen LogP contribution is -2.60. The Kier molecular flexibility index (Phi) is 8.72. The van der Waals surface area contributed by atoms with Gasteiger partial charge in [0.25, 0.3) is 0 Å². The van der Waals surface area contributed by atoms with E-state index >= 15 is 0 Å². The van der Waals surface area contributed by atoms with Crippen LogP contribution in [0.25, 0.3) is 0 Å². The number of hydrogen-bond donors (Lipinski definition) is 3. The zero-order valence-electron chi connectivity index (χ0n) is 24.2. The van der Waals surface area contributed by atoms with Crippen LogP contribution in [0, 0.1) is 23.7 Å². The molecule has 3 saturated heterocycles. The van der Waals surface area contributed by atoms with Crippen LogP contribution in [0.1, 0.15) is 72.6 Å². The molecule has 4 fully saturated rings. The van der Waals surface area contributed by atoms with E-state index in [1.165, 1.54) is 6.42 Å². The predicted molar refractivity (Wildman–Crippen MR) is 157 cm³/mol. The molecule has 8 nitrogen and oxygen atoms in total. The minimum atomic E-state index is -0.702. The van der Waals surface area contributed by atoms with Crippen LogP contribution in [-0.2, 0) is 14.4 Å². The Labute approximate surface area is 242 Å². The first-order valence-corrected chi connectivity index (χ1v) is 16.1. The number of fused-ring (bicyclic) bond motifs is 1. The van der Waals surface area contributed by atoms with Crippen molar-refractivity contribution < 1.29 is 24.2 Å². The molecule has 1 aliphatic carbocycles. The zero-order valence-corrected chi connectivity index (χ0v) is 25.0. The van der Waals surface area contributed by atoms with Gasteiger partial charge in [-0.15, -0.1) is 11.8 Å². The van der Waals surface area contributed by atoms with Crippen LogP contribution >= 0.6 is 11.8 Å². The van der Waals surface area contributed by atoms with Crippen molar-refractivity contribution in [3.8, 4) is 5.75 Å². The van der Waals surface area contributed by atoms with Crippen molar-refractivity contribution in [1.82, 2.24) is 10.2 Å². The highest BCUT2D eigenvalue weighted by molar-refractivity contribution is 8.02. The third-order valence-electron chi connectivity index (χ3n) is 9.96. The lowest BCUT2D eigenvalue weighted by molar-refractivity contribution is -0.143. The summed E-state index contributed by atoms with van der Waals surface area (Å²) in [5.74, 6) is -0.741. The SMILES string of the molecule is CCOc1ccc(NC(=O)[C@@H]2[C@@H]3CC(C)C4(S3)C(C(=O)NC3CCCCC3)N([C@@H](CO)[C@@H](C)CC)C(=O)[C@H]24)cc1. The number of likely N-dealkylation sites (tertiary alicyclic amines) is 1. The fraction of sp³-hybridized carbons (Fsp3) is 0.710. The molecule has 3 aliphatic heterocycles. The van der Waals surface area contributed by atoms with E-state index in [0.717, 1.165) is 44.3 Å². The lowest BCUT2D eigenvalue weighted by Gasteiger charge is -2.42. The number of hydrogen-bond acceptors (Lipinski definition) is 6. The van der Waals surface area contributed by atoms with Crippen LogP contribution in [0.15, 0.2) is 24.3 Å². The van der Waals surface area contributed by atoms with Gasteiger partial charge in [-0.25, -0.2) is 0 Å². The number of ether oxygens (including phenoxy) is 1. The van der Waals surface area contributed by atoms with E-state index in [-0.39, 0.29) is 47.5 Å². The van der Waals surface area contributed by atoms with Crippen LogP contribution in [-0.4, -0.2) is 69.1 Å². The second-order valence-electron chi connectivity index (χ2n) is 12.2. The number of benzene rings is 1. The second-order valence-corrected chi connectivity index (χ2v) is 13.8. The summed E-state index contributed by atoms with van der Waals surface area (Å²) in [5, 5.41) is 16.9. The molecular weight excluding hydrogens is 526 g/mol. The second kappa shape index (κ2) is 11.9. The first kappa shape index (κ1) is 29.2. The van der Waals surface area contributed by atoms with Crippen molar-refractivity contribution >= 4 is 35.2 Å². The minimum Gasteiger partial charge on any atom is -0.494 e. The molecule has 5 rings (SSSR count). The summed E-state index contributed by atoms with van der Waals surface area (Å²) in [6, 6.07) is 6.22. The Hall–Kier alpha value is -2.26. The van der Waals surface area contributed by atoms with Crippen LogP contribution in [0.2, 0.25) is 0 Å². The molecule has 1 aromatic carbocycles. The van der Waals surface area contributed by atoms with E-state index in [1.54, 1.807) is 16.7 Å². The summed E-state index contributed by atoms with van der Waals surface area (Å²) in [6.07, 6.45) is 6.85. The number of nitrogens with one attached hydrogen (secondary N) is 2. The largest absolute Gasteiger partial charge is 0.494 e. The number of rotatable bonds is 10. The quantitative estimate of drug-likeness (QED) is 0.388. The average Bonchev–Trinajstić information content (AvgIpc) is 3.54. The molecule has 3 N–H and O–H groups in total. The Bertz CT molecular complexity index is 1090. The first-order valence-electron chi connectivity index (χ1n) is 15.2. The summed E-state index contributed by atoms with van der Waals surface area (Å²) >= 11 is 1.68. The molecule has 2 bridgehead atoms. The van der Waals surface area contributed by atoms with Crippen LogP contribution in [0.3, 0.4) is 0 Å². The van der Waals surface area contributed by atoms with E-state index in [4.69, 9.17) is 4.74 Å². The summed E-state index contributed by atoms with van der Waals surface area (Å²) < 4.78 is 4.83. The molecule has 3 unspecified atom stereocenters. The van der Waals surface area contributed by atoms with Crippen molar-refractivity contribution in [3.63, 3.8) is 0 Å². The third-order valence-corrected chi connectivity index (χ3v) is 12.0. The smallest absolute Gasteiger partial charge is 0.244 e. The van der Waals surface area contributed by atoms with E-state index in [1.807, 2.05) is 45.0 Å². The molecule has 1 aromatic rings. The van der Waals surface area contributed by atoms with Gasteiger partial charge in [-0.1, -0.05) is 46.5 Å². The van der Waals surface area contributed by atoms with Gasteiger partial charge in [0.15, 0.2) is 0 Å². The Balaban J connectivity index is 1.48. The molecule has 3 amide bonds. The van der Waals surface area contributed by atoms with Gasteiger partial charge in [0, 0.05) is 17.0 Å². The number of nitrogens with zero attached hydrogens (tertiary/aromatic N) is 1. The number of amides is 3. The molecular formula is C31H45N3O5S. The van der Waals surface area contributed by atoms with Crippen LogP contribution in [0.4, 0.5) is 5.69 Å². The fourth-order valence-corrected chi connectivity index (χ4v) is 10.2. The number of anilines is 1. The lowest BCUT2D eigenvalue weighted by atomic mass is 9.65. The Morgan fingerprint density at radius 1 is 1.15 bits per heavy atom. The summed E-state index contributed by atoms with van der Waals surface area (Å²) in [7, 11) is 0. The highest BCUT2D eigenvalue weighted by Crippen LogP contribution is 2.69. The van der Waals surface area contributed by atoms with E-state index in [0.29, 0.717) is 12.3 Å². The van der Waals surface area contributed by atoms with Gasteiger partial charge in [0.2, 0.25) is 17.7 Å². The standard InChI is InChI=1S/C31H45N3O5S/c1-5-18(3)23(17-35)34-27(29(37)33-20-10-8-7-9-11-20)31-19(4)16-24(40-31)25(26(31)30(34)38)28(36)32-21-12-14-22(15-13-21)39-6-2/h12-15,18-20,23-27,35H,5-11,16-17H2,1-4H3,(H,32,36)(H,33,37)/t18-,19?,23-,24-,25+,26-,27?,31?/m0/s1. The van der Waals surface area contributed by atoms with Crippen molar-refractivity contribution in [3.05, 3.63) is 24.3 Å². The van der Waals surface area contributed by atoms with Gasteiger partial charge in [0.1, 0.15) is 11.8 Å². The highest BCUT2D eigenvalue weighted by Gasteiger charge is 2.76. The normalized spacial score (nSPS) is 33.0. The Morgan fingerprint density at radius 2 is 1.85 bits per heavy atom. The van der Waals surface area contributed by atoms with E-state index < -0.39 is 28.7 Å². The van der Waals surface area contributed by atoms with Crippen molar-refractivity contribution in [1.29, 1.82) is 0 Å². The van der Waals surface area contributed by atoms with E-state index in [9.17, 15) is 19.5 Å². The first-order chi connectivity index (χ1) is 19.3. The molecule has 9 heteroatoms. The molecule has 3 heterocycles. The average molecular weight is 572 g/mol. The number of carbonyl (C=O) groups is 3. The monoisotopic (exact) mass is 571 g/mol. The maximum absolute atomic E-state index is 14.5. The van der Waals surface area contributed by atoms with Gasteiger partial charge in [-0.05, 0) is 62.3 Å². The zero-order chi connectivity index (χ0) is 28.6. The molecule has 0 aromatic heterocycles. The van der Waals surface area contributed by atoms with E-state index in [2.05, 4.69) is 17.6 Å². The van der Waals surface area contributed by atoms with Crippen LogP contribution in [0.5, 0.6) is 5.75 Å². The van der Waals surface area contributed by atoms with Crippen molar-refractivity contribution in [2.75, 3.05) is 18.5 Å². The molecule has 40 heavy (non-hydrogen) atoms. The highest BCUT2D eigenvalue weighted by atomic mass is 32.2. The summed E-state index contributed by atoms with van der Waals surface area (Å²) in [5.41, 5.74) is 0.657. The maximum atomic E-state index is 14.5. The fourth-order valence-electron chi connectivity index (χ4n) is 7.78. The predicted octanol–water partition coefficient (Wildman–Crippen LogP) is 4.22. The molecule has 0 radical (unpaired) electrons. The third kappa shape index (κ3) is 4.91. The van der Waals surface area contributed by atoms with Gasteiger partial charge in [-0.2, -0.15) is 0 Å². The van der Waals surface area contributed by atoms with Gasteiger partial charge in [0.05, 0.1) is 35.8 Å². The number of aliphatic hydroxyl groups is 1. The minimum absolute atomic E-state index is 0.0165. The number of carbonyl (C=O) groups excluding carboxylic acids is 3. The molecule has 1 spiro atoms. The number of thioether (sulfide) groups is 1. The molecule has 4 aliphatic rings. The maximum Gasteiger partial charge on any atom is 0.244 e. The number of aliphatic hydroxyl groups excluding tert-OH is 1. The van der Waals surface area contributed by atoms with Crippen LogP contribution < -0.4 is 15.4 Å². The van der Waals surface area contributed by atoms with Gasteiger partial charge < -0.3 is 25.4 Å². The molecule has 1 saturated carbocycles. The summed E-state index contributed by atoms with van der Waals surface area (Å²) in [4.78, 5) is 44.2. The molecule has 8 atom stereocenters.